The fraction of sp³-hybridized carbons (Fsp3) is 0.100. The fourth-order valence-electron chi connectivity index (χ4n) is 6.44. The van der Waals surface area contributed by atoms with Crippen LogP contribution in [0.5, 0.6) is 0 Å². The maximum absolute atomic E-state index is 4.89. The number of nitrogens with zero attached hydrogens (tertiary/aromatic N) is 6. The quantitative estimate of drug-likeness (QED) is 0.178. The van der Waals surface area contributed by atoms with Gasteiger partial charge in [-0.3, -0.25) is 9.80 Å². The van der Waals surface area contributed by atoms with Gasteiger partial charge < -0.3 is 0 Å². The first kappa shape index (κ1) is 27.7. The van der Waals surface area contributed by atoms with Crippen molar-refractivity contribution in [2.24, 2.45) is 0 Å². The van der Waals surface area contributed by atoms with Gasteiger partial charge in [-0.05, 0) is 133 Å². The number of pyridine rings is 4. The highest BCUT2D eigenvalue weighted by atomic mass is 15.2. The number of aromatic nitrogens is 4. The van der Waals surface area contributed by atoms with E-state index < -0.39 is 0 Å². The number of anilines is 6. The van der Waals surface area contributed by atoms with E-state index in [0.717, 1.165) is 57.4 Å². The molecule has 0 spiro atoms. The Labute approximate surface area is 268 Å². The van der Waals surface area contributed by atoms with E-state index >= 15 is 0 Å². The minimum Gasteiger partial charge on any atom is -0.279 e. The number of aryl methyl sites for hydroxylation is 4. The summed E-state index contributed by atoms with van der Waals surface area (Å²) >= 11 is 0. The van der Waals surface area contributed by atoms with Crippen LogP contribution in [0.2, 0.25) is 0 Å². The van der Waals surface area contributed by atoms with E-state index in [1.807, 2.05) is 100 Å². The molecule has 0 radical (unpaired) electrons. The van der Waals surface area contributed by atoms with E-state index in [-0.39, 0.29) is 0 Å². The molecule has 46 heavy (non-hydrogen) atoms. The van der Waals surface area contributed by atoms with Crippen molar-refractivity contribution in [3.63, 3.8) is 0 Å². The highest BCUT2D eigenvalue weighted by Gasteiger charge is 2.21. The van der Waals surface area contributed by atoms with E-state index in [0.29, 0.717) is 0 Å². The number of hydrogen-bond donors (Lipinski definition) is 0. The molecule has 6 nitrogen and oxygen atoms in total. The lowest BCUT2D eigenvalue weighted by Crippen LogP contribution is -2.14. The maximum atomic E-state index is 4.89. The summed E-state index contributed by atoms with van der Waals surface area (Å²) in [5.41, 5.74) is 5.87. The van der Waals surface area contributed by atoms with Gasteiger partial charge in [0.25, 0.3) is 0 Å². The standard InChI is InChI=1S/C40H32N6/c1-25-9-5-13-35(41-25)45(36-14-6-10-26(2)42-36)33-21-29-17-19-31-23-34(24-32-20-18-30(22-33)39(29)40(31)32)46(37-15-7-11-27(3)43-37)38-16-8-12-28(4)44-38/h5-24H,1-4H3. The van der Waals surface area contributed by atoms with Crippen LogP contribution in [0.4, 0.5) is 34.6 Å². The molecule has 0 bridgehead atoms. The molecule has 0 N–H and O–H groups in total. The average molecular weight is 597 g/mol. The van der Waals surface area contributed by atoms with Crippen LogP contribution in [0, 0.1) is 27.7 Å². The van der Waals surface area contributed by atoms with Crippen molar-refractivity contribution in [3.8, 4) is 0 Å². The van der Waals surface area contributed by atoms with Crippen LogP contribution < -0.4 is 9.80 Å². The van der Waals surface area contributed by atoms with Gasteiger partial charge >= 0.3 is 0 Å². The van der Waals surface area contributed by atoms with Crippen molar-refractivity contribution in [1.29, 1.82) is 0 Å². The largest absolute Gasteiger partial charge is 0.279 e. The van der Waals surface area contributed by atoms with Gasteiger partial charge in [-0.2, -0.15) is 0 Å². The van der Waals surface area contributed by atoms with E-state index in [1.54, 1.807) is 0 Å². The molecule has 0 unspecified atom stereocenters. The second-order valence-corrected chi connectivity index (χ2v) is 11.9. The molecule has 4 aromatic carbocycles. The zero-order valence-corrected chi connectivity index (χ0v) is 26.2. The topological polar surface area (TPSA) is 58.0 Å². The Morgan fingerprint density at radius 2 is 0.609 bits per heavy atom. The highest BCUT2D eigenvalue weighted by molar-refractivity contribution is 6.24. The summed E-state index contributed by atoms with van der Waals surface area (Å²) in [6, 6.07) is 42.3. The summed E-state index contributed by atoms with van der Waals surface area (Å²) in [5.74, 6) is 3.35. The molecule has 8 rings (SSSR count). The monoisotopic (exact) mass is 596 g/mol. The Hall–Kier alpha value is -5.88. The minimum atomic E-state index is 0.838. The number of rotatable bonds is 6. The lowest BCUT2D eigenvalue weighted by Gasteiger charge is -2.26. The van der Waals surface area contributed by atoms with Crippen LogP contribution >= 0.6 is 0 Å². The molecule has 0 atom stereocenters. The van der Waals surface area contributed by atoms with Crippen molar-refractivity contribution >= 4 is 67.0 Å². The van der Waals surface area contributed by atoms with Gasteiger partial charge in [0.1, 0.15) is 23.3 Å². The first-order valence-corrected chi connectivity index (χ1v) is 15.5. The molecule has 0 saturated carbocycles. The molecule has 0 aliphatic rings. The zero-order valence-electron chi connectivity index (χ0n) is 26.2. The molecule has 222 valence electrons. The lowest BCUT2D eigenvalue weighted by molar-refractivity contribution is 1.08. The molecule has 4 aromatic heterocycles. The maximum Gasteiger partial charge on any atom is 0.138 e. The third kappa shape index (κ3) is 4.85. The van der Waals surface area contributed by atoms with Gasteiger partial charge in [0, 0.05) is 22.8 Å². The molecule has 4 heterocycles. The molecule has 0 amide bonds. The predicted molar refractivity (Wildman–Crippen MR) is 190 cm³/mol. The third-order valence-corrected chi connectivity index (χ3v) is 8.43. The molecule has 0 aliphatic heterocycles. The Morgan fingerprint density at radius 3 is 0.848 bits per heavy atom. The lowest BCUT2D eigenvalue weighted by atomic mass is 9.93. The molecule has 8 aromatic rings. The van der Waals surface area contributed by atoms with Crippen molar-refractivity contribution in [1.82, 2.24) is 19.9 Å². The van der Waals surface area contributed by atoms with Crippen LogP contribution in [0.15, 0.2) is 121 Å². The summed E-state index contributed by atoms with van der Waals surface area (Å²) in [5, 5.41) is 7.16. The SMILES string of the molecule is Cc1cccc(N(c2cc3ccc4cc(N(c5cccc(C)n5)c5cccc(C)n5)cc5ccc(c2)c3c45)c2cccc(C)n2)n1. The average Bonchev–Trinajstić information content (AvgIpc) is 3.04. The minimum absolute atomic E-state index is 0.838. The third-order valence-electron chi connectivity index (χ3n) is 8.43. The van der Waals surface area contributed by atoms with Crippen molar-refractivity contribution in [2.75, 3.05) is 9.80 Å². The van der Waals surface area contributed by atoms with Gasteiger partial charge in [-0.15, -0.1) is 0 Å². The van der Waals surface area contributed by atoms with Gasteiger partial charge in [0.15, 0.2) is 0 Å². The van der Waals surface area contributed by atoms with E-state index in [4.69, 9.17) is 19.9 Å². The molecular weight excluding hydrogens is 564 g/mol. The first-order valence-electron chi connectivity index (χ1n) is 15.5. The Kier molecular flexibility index (Phi) is 6.57. The predicted octanol–water partition coefficient (Wildman–Crippen LogP) is 10.3. The Morgan fingerprint density at radius 1 is 0.348 bits per heavy atom. The summed E-state index contributed by atoms with van der Waals surface area (Å²) in [6.45, 7) is 8.08. The van der Waals surface area contributed by atoms with Crippen LogP contribution in [0.3, 0.4) is 0 Å². The van der Waals surface area contributed by atoms with Crippen LogP contribution in [-0.2, 0) is 0 Å². The van der Waals surface area contributed by atoms with Gasteiger partial charge in [-0.25, -0.2) is 19.9 Å². The first-order chi connectivity index (χ1) is 22.4. The Bertz CT molecular complexity index is 2070. The highest BCUT2D eigenvalue weighted by Crippen LogP contribution is 2.43. The van der Waals surface area contributed by atoms with E-state index in [1.165, 1.54) is 32.3 Å². The summed E-state index contributed by atoms with van der Waals surface area (Å²) in [7, 11) is 0. The van der Waals surface area contributed by atoms with Crippen molar-refractivity contribution < 1.29 is 0 Å². The normalized spacial score (nSPS) is 11.5. The second-order valence-electron chi connectivity index (χ2n) is 11.9. The number of hydrogen-bond acceptors (Lipinski definition) is 6. The fourth-order valence-corrected chi connectivity index (χ4v) is 6.44. The molecular formula is C40H32N6. The second kappa shape index (κ2) is 10.9. The molecule has 0 aliphatic carbocycles. The van der Waals surface area contributed by atoms with E-state index in [9.17, 15) is 0 Å². The molecule has 0 fully saturated rings. The molecule has 0 saturated heterocycles. The van der Waals surface area contributed by atoms with Crippen molar-refractivity contribution in [2.45, 2.75) is 27.7 Å². The summed E-state index contributed by atoms with van der Waals surface area (Å²) in [4.78, 5) is 23.9. The summed E-state index contributed by atoms with van der Waals surface area (Å²) in [6.07, 6.45) is 0. The van der Waals surface area contributed by atoms with Gasteiger partial charge in [0.05, 0.1) is 11.4 Å². The van der Waals surface area contributed by atoms with Crippen molar-refractivity contribution in [3.05, 3.63) is 144 Å². The smallest absolute Gasteiger partial charge is 0.138 e. The van der Waals surface area contributed by atoms with E-state index in [2.05, 4.69) is 58.3 Å². The summed E-state index contributed by atoms with van der Waals surface area (Å²) < 4.78 is 0. The van der Waals surface area contributed by atoms with Crippen LogP contribution in [0.25, 0.3) is 32.3 Å². The number of benzene rings is 4. The zero-order chi connectivity index (χ0) is 31.4. The van der Waals surface area contributed by atoms with Crippen LogP contribution in [0.1, 0.15) is 22.8 Å². The van der Waals surface area contributed by atoms with Gasteiger partial charge in [0.2, 0.25) is 0 Å². The van der Waals surface area contributed by atoms with Gasteiger partial charge in [-0.1, -0.05) is 48.5 Å². The molecule has 6 heteroatoms. The Balaban J connectivity index is 1.32. The van der Waals surface area contributed by atoms with Crippen LogP contribution in [-0.4, -0.2) is 19.9 Å².